The summed E-state index contributed by atoms with van der Waals surface area (Å²) in [6, 6.07) is 12.5. The van der Waals surface area contributed by atoms with Gasteiger partial charge in [0, 0.05) is 17.2 Å². The average molecular weight is 448 g/mol. The van der Waals surface area contributed by atoms with Crippen molar-refractivity contribution in [2.24, 2.45) is 0 Å². The molecule has 2 aromatic carbocycles. The summed E-state index contributed by atoms with van der Waals surface area (Å²) in [5.41, 5.74) is 20.0. The molecule has 11 heteroatoms. The monoisotopic (exact) mass is 447 g/mol. The molecule has 0 spiro atoms. The Kier molecular flexibility index (Phi) is 6.43. The summed E-state index contributed by atoms with van der Waals surface area (Å²) in [7, 11) is 0. The van der Waals surface area contributed by atoms with E-state index in [0.717, 1.165) is 5.56 Å². The SMILES string of the molecule is Nc1nc(N)c(C(C[N+](=O)[O-])c2ccccc2NCc2ccc(Cl)c(Cl)c2)c(N)n1. The number of halogens is 2. The summed E-state index contributed by atoms with van der Waals surface area (Å²) in [4.78, 5) is 18.8. The van der Waals surface area contributed by atoms with Crippen molar-refractivity contribution in [3.05, 3.63) is 79.3 Å². The molecule has 0 radical (unpaired) electrons. The number of hydrogen-bond donors (Lipinski definition) is 4. The van der Waals surface area contributed by atoms with Crippen LogP contribution in [0.3, 0.4) is 0 Å². The molecule has 30 heavy (non-hydrogen) atoms. The van der Waals surface area contributed by atoms with Crippen LogP contribution in [0.1, 0.15) is 22.6 Å². The van der Waals surface area contributed by atoms with Gasteiger partial charge < -0.3 is 22.5 Å². The van der Waals surface area contributed by atoms with Gasteiger partial charge in [-0.05, 0) is 29.3 Å². The lowest BCUT2D eigenvalue weighted by atomic mass is 9.90. The van der Waals surface area contributed by atoms with Gasteiger partial charge in [-0.2, -0.15) is 9.97 Å². The molecule has 9 nitrogen and oxygen atoms in total. The van der Waals surface area contributed by atoms with Crippen molar-refractivity contribution in [1.82, 2.24) is 9.97 Å². The molecule has 0 aliphatic carbocycles. The maximum absolute atomic E-state index is 11.4. The summed E-state index contributed by atoms with van der Waals surface area (Å²) in [6.45, 7) is -0.0323. The second kappa shape index (κ2) is 9.02. The van der Waals surface area contributed by atoms with Gasteiger partial charge in [0.2, 0.25) is 12.5 Å². The fourth-order valence-electron chi connectivity index (χ4n) is 3.18. The molecule has 3 aromatic rings. The van der Waals surface area contributed by atoms with Crippen molar-refractivity contribution in [2.45, 2.75) is 12.5 Å². The molecule has 0 saturated carbocycles. The van der Waals surface area contributed by atoms with E-state index in [1.165, 1.54) is 0 Å². The third-order valence-electron chi connectivity index (χ3n) is 4.51. The van der Waals surface area contributed by atoms with Gasteiger partial charge in [0.25, 0.3) is 0 Å². The van der Waals surface area contributed by atoms with Crippen LogP contribution in [0.5, 0.6) is 0 Å². The molecule has 0 bridgehead atoms. The average Bonchev–Trinajstić information content (AvgIpc) is 2.67. The van der Waals surface area contributed by atoms with Crippen LogP contribution in [0.2, 0.25) is 10.0 Å². The molecule has 0 amide bonds. The van der Waals surface area contributed by atoms with Gasteiger partial charge in [-0.1, -0.05) is 47.5 Å². The maximum atomic E-state index is 11.4. The van der Waals surface area contributed by atoms with Crippen molar-refractivity contribution in [2.75, 3.05) is 29.1 Å². The van der Waals surface area contributed by atoms with Crippen LogP contribution in [-0.2, 0) is 6.54 Å². The summed E-state index contributed by atoms with van der Waals surface area (Å²) in [6.07, 6.45) is 0. The van der Waals surface area contributed by atoms with Gasteiger partial charge in [-0.3, -0.25) is 10.1 Å². The highest BCUT2D eigenvalue weighted by molar-refractivity contribution is 6.42. The Balaban J connectivity index is 1.99. The van der Waals surface area contributed by atoms with Gasteiger partial charge in [-0.25, -0.2) is 0 Å². The second-order valence-corrected chi connectivity index (χ2v) is 7.34. The highest BCUT2D eigenvalue weighted by Crippen LogP contribution is 2.36. The van der Waals surface area contributed by atoms with E-state index in [1.807, 2.05) is 18.2 Å². The van der Waals surface area contributed by atoms with Crippen molar-refractivity contribution < 1.29 is 4.92 Å². The Hall–Kier alpha value is -3.30. The lowest BCUT2D eigenvalue weighted by Crippen LogP contribution is -2.20. The molecule has 7 N–H and O–H groups in total. The standard InChI is InChI=1S/C19H19Cl2N7O2/c20-13-6-5-10(7-14(13)21)8-25-15-4-2-1-3-11(15)12(9-28(29)30)16-17(22)26-19(24)27-18(16)23/h1-7,12,25H,8-9H2,(H6,22,23,24,26,27). The van der Waals surface area contributed by atoms with E-state index in [0.29, 0.717) is 27.8 Å². The van der Waals surface area contributed by atoms with Crippen LogP contribution < -0.4 is 22.5 Å². The molecule has 1 atom stereocenters. The highest BCUT2D eigenvalue weighted by atomic mass is 35.5. The van der Waals surface area contributed by atoms with Crippen molar-refractivity contribution in [3.8, 4) is 0 Å². The summed E-state index contributed by atoms with van der Waals surface area (Å²) in [5.74, 6) is -0.866. The number of aromatic nitrogens is 2. The lowest BCUT2D eigenvalue weighted by molar-refractivity contribution is -0.481. The van der Waals surface area contributed by atoms with Crippen LogP contribution in [0.4, 0.5) is 23.3 Å². The number of nitrogens with zero attached hydrogens (tertiary/aromatic N) is 3. The van der Waals surface area contributed by atoms with E-state index >= 15 is 0 Å². The Morgan fingerprint density at radius 1 is 1.03 bits per heavy atom. The molecule has 0 fully saturated rings. The smallest absolute Gasteiger partial charge is 0.223 e. The zero-order valence-corrected chi connectivity index (χ0v) is 17.2. The first-order chi connectivity index (χ1) is 14.3. The predicted octanol–water partition coefficient (Wildman–Crippen LogP) is 3.55. The molecule has 0 saturated heterocycles. The number of para-hydroxylation sites is 1. The molecule has 156 valence electrons. The molecule has 3 rings (SSSR count). The minimum absolute atomic E-state index is 0.00568. The Bertz CT molecular complexity index is 1070. The summed E-state index contributed by atoms with van der Waals surface area (Å²) in [5, 5.41) is 15.6. The second-order valence-electron chi connectivity index (χ2n) is 6.52. The zero-order chi connectivity index (χ0) is 21.8. The number of anilines is 4. The van der Waals surface area contributed by atoms with Crippen LogP contribution in [0, 0.1) is 10.1 Å². The third-order valence-corrected chi connectivity index (χ3v) is 5.24. The number of nitrogen functional groups attached to an aromatic ring is 3. The zero-order valence-electron chi connectivity index (χ0n) is 15.7. The first kappa shape index (κ1) is 21.4. The molecule has 1 heterocycles. The first-order valence-corrected chi connectivity index (χ1v) is 9.58. The van der Waals surface area contributed by atoms with Crippen molar-refractivity contribution >= 4 is 46.5 Å². The van der Waals surface area contributed by atoms with Gasteiger partial charge in [0.05, 0.1) is 21.5 Å². The van der Waals surface area contributed by atoms with E-state index in [1.54, 1.807) is 24.3 Å². The molecule has 0 aliphatic heterocycles. The largest absolute Gasteiger partial charge is 0.383 e. The van der Waals surface area contributed by atoms with Crippen molar-refractivity contribution in [3.63, 3.8) is 0 Å². The predicted molar refractivity (Wildman–Crippen MR) is 119 cm³/mol. The minimum Gasteiger partial charge on any atom is -0.383 e. The van der Waals surface area contributed by atoms with Crippen LogP contribution >= 0.6 is 23.2 Å². The van der Waals surface area contributed by atoms with Crippen LogP contribution in [-0.4, -0.2) is 21.4 Å². The number of nitrogens with two attached hydrogens (primary N) is 3. The van der Waals surface area contributed by atoms with E-state index in [9.17, 15) is 10.1 Å². The number of benzene rings is 2. The van der Waals surface area contributed by atoms with E-state index in [-0.39, 0.29) is 23.1 Å². The van der Waals surface area contributed by atoms with E-state index < -0.39 is 17.4 Å². The summed E-state index contributed by atoms with van der Waals surface area (Å²) >= 11 is 12.0. The molecular formula is C19H19Cl2N7O2. The third kappa shape index (κ3) is 4.81. The van der Waals surface area contributed by atoms with Crippen LogP contribution in [0.15, 0.2) is 42.5 Å². The Labute approximate surface area is 182 Å². The van der Waals surface area contributed by atoms with Gasteiger partial charge in [-0.15, -0.1) is 0 Å². The number of nitro groups is 1. The van der Waals surface area contributed by atoms with E-state index in [4.69, 9.17) is 40.4 Å². The molecule has 1 unspecified atom stereocenters. The number of nitrogens with one attached hydrogen (secondary N) is 1. The first-order valence-electron chi connectivity index (χ1n) is 8.83. The fraction of sp³-hybridized carbons (Fsp3) is 0.158. The Morgan fingerprint density at radius 3 is 2.33 bits per heavy atom. The highest BCUT2D eigenvalue weighted by Gasteiger charge is 2.28. The fourth-order valence-corrected chi connectivity index (χ4v) is 3.50. The Morgan fingerprint density at radius 2 is 1.70 bits per heavy atom. The van der Waals surface area contributed by atoms with Crippen molar-refractivity contribution in [1.29, 1.82) is 0 Å². The quantitative estimate of drug-likeness (QED) is 0.315. The van der Waals surface area contributed by atoms with Gasteiger partial charge >= 0.3 is 0 Å². The number of rotatable bonds is 7. The van der Waals surface area contributed by atoms with Crippen LogP contribution in [0.25, 0.3) is 0 Å². The molecule has 1 aromatic heterocycles. The topological polar surface area (TPSA) is 159 Å². The normalized spacial score (nSPS) is 11.8. The number of hydrogen-bond acceptors (Lipinski definition) is 8. The maximum Gasteiger partial charge on any atom is 0.223 e. The molecule has 0 aliphatic rings. The van der Waals surface area contributed by atoms with E-state index in [2.05, 4.69) is 15.3 Å². The summed E-state index contributed by atoms with van der Waals surface area (Å²) < 4.78 is 0. The lowest BCUT2D eigenvalue weighted by Gasteiger charge is -2.21. The minimum atomic E-state index is -0.780. The van der Waals surface area contributed by atoms with Gasteiger partial charge in [0.1, 0.15) is 11.6 Å². The molecular weight excluding hydrogens is 429 g/mol. The van der Waals surface area contributed by atoms with Gasteiger partial charge in [0.15, 0.2) is 0 Å².